The van der Waals surface area contributed by atoms with Gasteiger partial charge in [-0.3, -0.25) is 9.59 Å². The van der Waals surface area contributed by atoms with E-state index >= 15 is 0 Å². The SMILES string of the molecule is CCCOc1ccc(C2=C(Nc3cc(C)ccc3C)C(=O)N(c3ccc(CC)cc3)C2=O)cc1. The van der Waals surface area contributed by atoms with E-state index < -0.39 is 0 Å². The van der Waals surface area contributed by atoms with Crippen LogP contribution in [-0.2, 0) is 16.0 Å². The van der Waals surface area contributed by atoms with E-state index in [1.807, 2.05) is 80.6 Å². The van der Waals surface area contributed by atoms with Crippen LogP contribution in [0.15, 0.2) is 72.4 Å². The summed E-state index contributed by atoms with van der Waals surface area (Å²) in [6.45, 7) is 8.72. The van der Waals surface area contributed by atoms with Gasteiger partial charge in [0.1, 0.15) is 11.4 Å². The topological polar surface area (TPSA) is 58.6 Å². The molecule has 0 atom stereocenters. The van der Waals surface area contributed by atoms with Gasteiger partial charge in [-0.25, -0.2) is 4.90 Å². The van der Waals surface area contributed by atoms with Gasteiger partial charge in [0.15, 0.2) is 0 Å². The number of nitrogens with one attached hydrogen (secondary N) is 1. The van der Waals surface area contributed by atoms with E-state index in [4.69, 9.17) is 4.74 Å². The second kappa shape index (κ2) is 9.96. The van der Waals surface area contributed by atoms with Gasteiger partial charge in [-0.05, 0) is 79.3 Å². The molecule has 3 aromatic rings. The van der Waals surface area contributed by atoms with Crippen molar-refractivity contribution in [3.05, 3.63) is 94.7 Å². The summed E-state index contributed by atoms with van der Waals surface area (Å²) in [7, 11) is 0. The lowest BCUT2D eigenvalue weighted by molar-refractivity contribution is -0.120. The summed E-state index contributed by atoms with van der Waals surface area (Å²) < 4.78 is 5.69. The highest BCUT2D eigenvalue weighted by molar-refractivity contribution is 6.46. The van der Waals surface area contributed by atoms with Crippen LogP contribution in [0, 0.1) is 13.8 Å². The lowest BCUT2D eigenvalue weighted by atomic mass is 10.0. The lowest BCUT2D eigenvalue weighted by Gasteiger charge is -2.16. The predicted molar refractivity (Wildman–Crippen MR) is 137 cm³/mol. The van der Waals surface area contributed by atoms with Gasteiger partial charge in [-0.15, -0.1) is 0 Å². The Morgan fingerprint density at radius 2 is 1.56 bits per heavy atom. The molecule has 1 aliphatic heterocycles. The summed E-state index contributed by atoms with van der Waals surface area (Å²) in [6, 6.07) is 20.9. The van der Waals surface area contributed by atoms with Crippen LogP contribution < -0.4 is 15.0 Å². The predicted octanol–water partition coefficient (Wildman–Crippen LogP) is 6.05. The maximum atomic E-state index is 13.7. The number of carbonyl (C=O) groups excluding carboxylic acids is 2. The number of hydrogen-bond acceptors (Lipinski definition) is 4. The third-order valence-electron chi connectivity index (χ3n) is 5.96. The Bertz CT molecular complexity index is 1240. The largest absolute Gasteiger partial charge is 0.494 e. The minimum Gasteiger partial charge on any atom is -0.494 e. The average Bonchev–Trinajstić information content (AvgIpc) is 3.09. The van der Waals surface area contributed by atoms with Crippen molar-refractivity contribution < 1.29 is 14.3 Å². The second-order valence-corrected chi connectivity index (χ2v) is 8.53. The zero-order valence-electron chi connectivity index (χ0n) is 20.1. The van der Waals surface area contributed by atoms with Crippen LogP contribution in [0.25, 0.3) is 5.57 Å². The molecular formula is C29H30N2O3. The molecule has 2 amide bonds. The van der Waals surface area contributed by atoms with Crippen molar-refractivity contribution in [3.63, 3.8) is 0 Å². The van der Waals surface area contributed by atoms with Crippen LogP contribution in [0.1, 0.15) is 42.5 Å². The summed E-state index contributed by atoms with van der Waals surface area (Å²) in [5.41, 5.74) is 5.87. The Labute approximate surface area is 201 Å². The number of anilines is 2. The Kier molecular flexibility index (Phi) is 6.82. The van der Waals surface area contributed by atoms with Gasteiger partial charge in [0, 0.05) is 5.69 Å². The molecule has 1 aliphatic rings. The molecule has 0 bridgehead atoms. The van der Waals surface area contributed by atoms with Crippen molar-refractivity contribution in [2.24, 2.45) is 0 Å². The van der Waals surface area contributed by atoms with E-state index in [0.717, 1.165) is 41.0 Å². The van der Waals surface area contributed by atoms with E-state index in [9.17, 15) is 9.59 Å². The summed E-state index contributed by atoms with van der Waals surface area (Å²) in [5.74, 6) is 0.0276. The number of benzene rings is 3. The Balaban J connectivity index is 1.77. The van der Waals surface area contributed by atoms with E-state index in [1.165, 1.54) is 4.90 Å². The third kappa shape index (κ3) is 4.60. The summed E-state index contributed by atoms with van der Waals surface area (Å²) in [6.07, 6.45) is 1.80. The van der Waals surface area contributed by atoms with Crippen LogP contribution in [0.3, 0.4) is 0 Å². The lowest BCUT2D eigenvalue weighted by Crippen LogP contribution is -2.32. The average molecular weight is 455 g/mol. The van der Waals surface area contributed by atoms with Crippen LogP contribution in [0.4, 0.5) is 11.4 Å². The van der Waals surface area contributed by atoms with Crippen molar-refractivity contribution in [2.45, 2.75) is 40.5 Å². The molecule has 0 saturated carbocycles. The van der Waals surface area contributed by atoms with Gasteiger partial charge in [0.25, 0.3) is 11.8 Å². The van der Waals surface area contributed by atoms with Crippen LogP contribution in [-0.4, -0.2) is 18.4 Å². The zero-order valence-corrected chi connectivity index (χ0v) is 20.1. The normalized spacial score (nSPS) is 13.6. The van der Waals surface area contributed by atoms with E-state index in [2.05, 4.69) is 19.2 Å². The molecule has 0 aliphatic carbocycles. The summed E-state index contributed by atoms with van der Waals surface area (Å²) >= 11 is 0. The maximum absolute atomic E-state index is 13.7. The molecule has 0 radical (unpaired) electrons. The molecule has 1 N–H and O–H groups in total. The van der Waals surface area contributed by atoms with Crippen LogP contribution >= 0.6 is 0 Å². The van der Waals surface area contributed by atoms with Gasteiger partial charge >= 0.3 is 0 Å². The first kappa shape index (κ1) is 23.3. The fraction of sp³-hybridized carbons (Fsp3) is 0.241. The molecule has 4 rings (SSSR count). The van der Waals surface area contributed by atoms with Gasteiger partial charge in [-0.2, -0.15) is 0 Å². The van der Waals surface area contributed by atoms with Crippen LogP contribution in [0.5, 0.6) is 5.75 Å². The second-order valence-electron chi connectivity index (χ2n) is 8.53. The molecule has 0 aromatic heterocycles. The number of imide groups is 1. The molecule has 3 aromatic carbocycles. The van der Waals surface area contributed by atoms with Gasteiger partial charge in [0.05, 0.1) is 17.9 Å². The van der Waals surface area contributed by atoms with Gasteiger partial charge < -0.3 is 10.1 Å². The Hall–Kier alpha value is -3.86. The number of ether oxygens (including phenoxy) is 1. The number of hydrogen-bond donors (Lipinski definition) is 1. The maximum Gasteiger partial charge on any atom is 0.282 e. The zero-order chi connectivity index (χ0) is 24.2. The van der Waals surface area contributed by atoms with Crippen molar-refractivity contribution in [3.8, 4) is 5.75 Å². The molecule has 0 fully saturated rings. The number of rotatable bonds is 8. The van der Waals surface area contributed by atoms with E-state index in [0.29, 0.717) is 23.4 Å². The number of amides is 2. The van der Waals surface area contributed by atoms with Crippen molar-refractivity contribution in [1.82, 2.24) is 0 Å². The molecule has 34 heavy (non-hydrogen) atoms. The van der Waals surface area contributed by atoms with E-state index in [1.54, 1.807) is 0 Å². The molecule has 5 heteroatoms. The first-order valence-corrected chi connectivity index (χ1v) is 11.7. The number of aryl methyl sites for hydroxylation is 3. The fourth-order valence-electron chi connectivity index (χ4n) is 3.97. The van der Waals surface area contributed by atoms with Crippen molar-refractivity contribution in [1.29, 1.82) is 0 Å². The fourth-order valence-corrected chi connectivity index (χ4v) is 3.97. The molecule has 0 saturated heterocycles. The molecule has 0 spiro atoms. The highest BCUT2D eigenvalue weighted by Crippen LogP contribution is 2.35. The highest BCUT2D eigenvalue weighted by Gasteiger charge is 2.40. The van der Waals surface area contributed by atoms with Crippen molar-refractivity contribution in [2.75, 3.05) is 16.8 Å². The minimum absolute atomic E-state index is 0.278. The highest BCUT2D eigenvalue weighted by atomic mass is 16.5. The van der Waals surface area contributed by atoms with Gasteiger partial charge in [0.2, 0.25) is 0 Å². The number of nitrogens with zero attached hydrogens (tertiary/aromatic N) is 1. The Morgan fingerprint density at radius 1 is 0.853 bits per heavy atom. The first-order valence-electron chi connectivity index (χ1n) is 11.7. The summed E-state index contributed by atoms with van der Waals surface area (Å²) in [5, 5.41) is 3.29. The minimum atomic E-state index is -0.364. The third-order valence-corrected chi connectivity index (χ3v) is 5.96. The summed E-state index contributed by atoms with van der Waals surface area (Å²) in [4.78, 5) is 28.5. The smallest absolute Gasteiger partial charge is 0.282 e. The molecule has 0 unspecified atom stereocenters. The first-order chi connectivity index (χ1) is 16.4. The van der Waals surface area contributed by atoms with Crippen molar-refractivity contribution >= 4 is 28.8 Å². The monoisotopic (exact) mass is 454 g/mol. The molecule has 5 nitrogen and oxygen atoms in total. The van der Waals surface area contributed by atoms with Gasteiger partial charge in [-0.1, -0.05) is 50.2 Å². The number of carbonyl (C=O) groups is 2. The standard InChI is InChI=1S/C29H30N2O3/c1-5-17-34-24-15-11-22(12-16-24)26-27(30-25-18-19(3)7-8-20(25)4)29(33)31(28(26)32)23-13-9-21(6-2)10-14-23/h7-16,18,30H,5-6,17H2,1-4H3. The molecule has 174 valence electrons. The van der Waals surface area contributed by atoms with E-state index in [-0.39, 0.29) is 17.5 Å². The Morgan fingerprint density at radius 3 is 2.21 bits per heavy atom. The van der Waals surface area contributed by atoms with Crippen LogP contribution in [0.2, 0.25) is 0 Å². The quantitative estimate of drug-likeness (QED) is 0.421. The molecule has 1 heterocycles. The molecular weight excluding hydrogens is 424 g/mol.